The van der Waals surface area contributed by atoms with Crippen LogP contribution in [0, 0.1) is 11.3 Å². The van der Waals surface area contributed by atoms with Gasteiger partial charge in [-0.3, -0.25) is 4.79 Å². The minimum absolute atomic E-state index is 0.0681. The number of sulfonamides is 1. The third-order valence-electron chi connectivity index (χ3n) is 6.25. The number of aromatic nitrogens is 3. The van der Waals surface area contributed by atoms with E-state index in [1.165, 1.54) is 23.8 Å². The summed E-state index contributed by atoms with van der Waals surface area (Å²) in [5.74, 6) is -0.0933. The lowest BCUT2D eigenvalue weighted by atomic mass is 9.82. The Balaban J connectivity index is 1.73. The molecular weight excluding hydrogens is 571 g/mol. The molecule has 0 spiro atoms. The predicted octanol–water partition coefficient (Wildman–Crippen LogP) is 6.24. The van der Waals surface area contributed by atoms with E-state index < -0.39 is 26.9 Å². The quantitative estimate of drug-likeness (QED) is 0.294. The summed E-state index contributed by atoms with van der Waals surface area (Å²) in [4.78, 5) is 16.9. The SMILES string of the molecule is CC(C)(C)NS(=O)(=O)c1ccc(-c2sc(-c3nnc(CC(C)(C)C(=O)O)o3)nc2CC2CCC2)c(Cl)c1Cl. The molecule has 1 fully saturated rings. The Hall–Kier alpha value is -2.05. The third kappa shape index (κ3) is 6.22. The van der Waals surface area contributed by atoms with E-state index in [2.05, 4.69) is 14.9 Å². The maximum atomic E-state index is 12.9. The maximum absolute atomic E-state index is 12.9. The van der Waals surface area contributed by atoms with E-state index in [-0.39, 0.29) is 33.1 Å². The molecule has 1 aliphatic rings. The molecule has 1 aromatic carbocycles. The summed E-state index contributed by atoms with van der Waals surface area (Å²) >= 11 is 14.5. The van der Waals surface area contributed by atoms with E-state index >= 15 is 0 Å². The molecule has 0 amide bonds. The lowest BCUT2D eigenvalue weighted by Crippen LogP contribution is -2.40. The Morgan fingerprint density at radius 3 is 2.42 bits per heavy atom. The highest BCUT2D eigenvalue weighted by Crippen LogP contribution is 2.44. The zero-order chi connectivity index (χ0) is 28.0. The number of nitrogens with one attached hydrogen (secondary N) is 1. The molecule has 9 nitrogen and oxygen atoms in total. The molecule has 206 valence electrons. The lowest BCUT2D eigenvalue weighted by Gasteiger charge is -2.25. The number of thiazole rings is 1. The molecule has 13 heteroatoms. The molecule has 0 saturated heterocycles. The van der Waals surface area contributed by atoms with Gasteiger partial charge < -0.3 is 9.52 Å². The molecule has 1 aliphatic carbocycles. The van der Waals surface area contributed by atoms with E-state index in [9.17, 15) is 18.3 Å². The molecule has 2 heterocycles. The number of benzene rings is 1. The van der Waals surface area contributed by atoms with Crippen LogP contribution < -0.4 is 4.72 Å². The van der Waals surface area contributed by atoms with Gasteiger partial charge in [0.2, 0.25) is 15.9 Å². The maximum Gasteiger partial charge on any atom is 0.309 e. The molecule has 2 N–H and O–H groups in total. The van der Waals surface area contributed by atoms with Crippen molar-refractivity contribution in [1.29, 1.82) is 0 Å². The standard InChI is InChI=1S/C25H30Cl2N4O5S2/c1-24(2,3)31-38(34,35)16-10-9-14(18(26)19(16)27)20-15(11-13-7-6-8-13)28-22(37-20)21-30-29-17(36-21)12-25(4,5)23(32)33/h9-10,13,31H,6-8,11-12H2,1-5H3,(H,32,33). The van der Waals surface area contributed by atoms with Gasteiger partial charge in [0, 0.05) is 17.5 Å². The van der Waals surface area contributed by atoms with E-state index in [1.54, 1.807) is 40.7 Å². The van der Waals surface area contributed by atoms with Crippen LogP contribution in [0.1, 0.15) is 65.5 Å². The van der Waals surface area contributed by atoms with Crippen LogP contribution in [0.3, 0.4) is 0 Å². The van der Waals surface area contributed by atoms with Crippen molar-refractivity contribution in [3.8, 4) is 21.3 Å². The zero-order valence-corrected chi connectivity index (χ0v) is 24.9. The molecule has 0 unspecified atom stereocenters. The van der Waals surface area contributed by atoms with Crippen molar-refractivity contribution in [2.75, 3.05) is 0 Å². The second kappa shape index (κ2) is 10.5. The van der Waals surface area contributed by atoms with Gasteiger partial charge in [-0.05, 0) is 53.0 Å². The van der Waals surface area contributed by atoms with Crippen LogP contribution in [0.5, 0.6) is 0 Å². The molecule has 38 heavy (non-hydrogen) atoms. The Labute approximate surface area is 236 Å². The second-order valence-electron chi connectivity index (χ2n) is 11.3. The van der Waals surface area contributed by atoms with E-state index in [0.717, 1.165) is 29.8 Å². The smallest absolute Gasteiger partial charge is 0.309 e. The van der Waals surface area contributed by atoms with Crippen molar-refractivity contribution in [2.24, 2.45) is 11.3 Å². The Morgan fingerprint density at radius 1 is 1.16 bits per heavy atom. The predicted molar refractivity (Wildman–Crippen MR) is 147 cm³/mol. The summed E-state index contributed by atoms with van der Waals surface area (Å²) < 4.78 is 34.2. The molecule has 0 aliphatic heterocycles. The zero-order valence-electron chi connectivity index (χ0n) is 21.8. The fourth-order valence-corrected chi connectivity index (χ4v) is 7.39. The Kier molecular flexibility index (Phi) is 8.00. The van der Waals surface area contributed by atoms with Gasteiger partial charge in [0.05, 0.1) is 26.0 Å². The van der Waals surface area contributed by atoms with Crippen molar-refractivity contribution in [3.05, 3.63) is 33.8 Å². The van der Waals surface area contributed by atoms with E-state index in [4.69, 9.17) is 32.6 Å². The first kappa shape index (κ1) is 28.9. The molecule has 0 bridgehead atoms. The first-order valence-corrected chi connectivity index (χ1v) is 15.2. The topological polar surface area (TPSA) is 135 Å². The van der Waals surface area contributed by atoms with Crippen LogP contribution in [0.2, 0.25) is 10.0 Å². The van der Waals surface area contributed by atoms with Crippen LogP contribution in [-0.4, -0.2) is 40.2 Å². The summed E-state index contributed by atoms with van der Waals surface area (Å²) in [7, 11) is -3.90. The molecule has 0 radical (unpaired) electrons. The first-order chi connectivity index (χ1) is 17.6. The molecule has 2 aromatic heterocycles. The average Bonchev–Trinajstić information content (AvgIpc) is 3.37. The van der Waals surface area contributed by atoms with Crippen LogP contribution in [0.15, 0.2) is 21.4 Å². The highest BCUT2D eigenvalue weighted by Gasteiger charge is 2.32. The van der Waals surface area contributed by atoms with Crippen LogP contribution in [0.25, 0.3) is 21.3 Å². The van der Waals surface area contributed by atoms with Crippen molar-refractivity contribution in [1.82, 2.24) is 19.9 Å². The number of nitrogens with zero attached hydrogens (tertiary/aromatic N) is 3. The van der Waals surface area contributed by atoms with Gasteiger partial charge in [-0.25, -0.2) is 18.1 Å². The number of hydrogen-bond donors (Lipinski definition) is 2. The highest BCUT2D eigenvalue weighted by atomic mass is 35.5. The first-order valence-electron chi connectivity index (χ1n) is 12.2. The molecule has 0 atom stereocenters. The summed E-state index contributed by atoms with van der Waals surface area (Å²) in [5, 5.41) is 18.1. The Bertz CT molecular complexity index is 1470. The van der Waals surface area contributed by atoms with Crippen LogP contribution >= 0.6 is 34.5 Å². The number of carboxylic acid groups (broad SMARTS) is 1. The van der Waals surface area contributed by atoms with Crippen LogP contribution in [-0.2, 0) is 27.7 Å². The number of halogens is 2. The van der Waals surface area contributed by atoms with Crippen LogP contribution in [0.4, 0.5) is 0 Å². The summed E-state index contributed by atoms with van der Waals surface area (Å²) in [5.41, 5.74) is -0.405. The van der Waals surface area contributed by atoms with Crippen molar-refractivity contribution >= 4 is 50.5 Å². The van der Waals surface area contributed by atoms with Gasteiger partial charge in [-0.2, -0.15) is 0 Å². The number of carbonyl (C=O) groups is 1. The average molecular weight is 602 g/mol. The van der Waals surface area contributed by atoms with E-state index in [1.807, 2.05) is 0 Å². The summed E-state index contributed by atoms with van der Waals surface area (Å²) in [6, 6.07) is 3.09. The van der Waals surface area contributed by atoms with Gasteiger partial charge in [-0.1, -0.05) is 48.5 Å². The highest BCUT2D eigenvalue weighted by molar-refractivity contribution is 7.89. The molecular formula is C25H30Cl2N4O5S2. The fourth-order valence-electron chi connectivity index (χ4n) is 4.00. The number of hydrogen-bond acceptors (Lipinski definition) is 8. The minimum Gasteiger partial charge on any atom is -0.481 e. The molecule has 1 saturated carbocycles. The van der Waals surface area contributed by atoms with E-state index in [0.29, 0.717) is 16.5 Å². The van der Waals surface area contributed by atoms with Gasteiger partial charge in [0.25, 0.3) is 5.89 Å². The fraction of sp³-hybridized carbons (Fsp3) is 0.520. The van der Waals surface area contributed by atoms with Gasteiger partial charge in [-0.15, -0.1) is 21.5 Å². The van der Waals surface area contributed by atoms with Crippen molar-refractivity contribution < 1.29 is 22.7 Å². The second-order valence-corrected chi connectivity index (χ2v) is 14.7. The minimum atomic E-state index is -3.90. The van der Waals surface area contributed by atoms with Gasteiger partial charge >= 0.3 is 5.97 Å². The van der Waals surface area contributed by atoms with Crippen molar-refractivity contribution in [2.45, 2.75) is 77.2 Å². The molecule has 4 rings (SSSR count). The number of rotatable bonds is 9. The lowest BCUT2D eigenvalue weighted by molar-refractivity contribution is -0.147. The Morgan fingerprint density at radius 2 is 1.84 bits per heavy atom. The summed E-state index contributed by atoms with van der Waals surface area (Å²) in [6.45, 7) is 8.40. The van der Waals surface area contributed by atoms with Crippen molar-refractivity contribution in [3.63, 3.8) is 0 Å². The monoisotopic (exact) mass is 600 g/mol. The molecule has 3 aromatic rings. The summed E-state index contributed by atoms with van der Waals surface area (Å²) in [6.07, 6.45) is 4.17. The third-order valence-corrected chi connectivity index (χ3v) is 10.2. The largest absolute Gasteiger partial charge is 0.481 e. The normalized spacial score (nSPS) is 15.0. The number of carboxylic acids is 1. The van der Waals surface area contributed by atoms with Gasteiger partial charge in [0.1, 0.15) is 4.90 Å². The van der Waals surface area contributed by atoms with Gasteiger partial charge in [0.15, 0.2) is 5.01 Å². The number of aliphatic carboxylic acids is 1.